The molecule has 0 aliphatic carbocycles. The van der Waals surface area contributed by atoms with E-state index in [4.69, 9.17) is 4.74 Å². The highest BCUT2D eigenvalue weighted by atomic mass is 16.5. The fraction of sp³-hybridized carbons (Fsp3) is 0.533. The van der Waals surface area contributed by atoms with Gasteiger partial charge in [-0.15, -0.1) is 0 Å². The smallest absolute Gasteiger partial charge is 0.319 e. The van der Waals surface area contributed by atoms with E-state index in [0.29, 0.717) is 13.1 Å². The molecule has 4 nitrogen and oxygen atoms in total. The zero-order valence-electron chi connectivity index (χ0n) is 12.5. The van der Waals surface area contributed by atoms with E-state index in [1.54, 1.807) is 4.90 Å². The number of ether oxygens (including phenoxy) is 1. The Morgan fingerprint density at radius 2 is 1.74 bits per heavy atom. The van der Waals surface area contributed by atoms with Crippen LogP contribution in [0, 0.1) is 20.8 Å². The standard InChI is InChI=1S/C15H24N2O2/c1-6-17(7-2)15(18)16-10-19-14-12(4)9-8-11(3)13(14)5/h8-9H,6-7,10H2,1-5H3,(H,16,18). The Bertz CT molecular complexity index is 440. The molecule has 106 valence electrons. The summed E-state index contributed by atoms with van der Waals surface area (Å²) in [7, 11) is 0. The van der Waals surface area contributed by atoms with Crippen LogP contribution in [0.25, 0.3) is 0 Å². The van der Waals surface area contributed by atoms with E-state index in [0.717, 1.165) is 16.9 Å². The molecular weight excluding hydrogens is 240 g/mol. The van der Waals surface area contributed by atoms with Crippen LogP contribution in [-0.4, -0.2) is 30.8 Å². The van der Waals surface area contributed by atoms with Gasteiger partial charge in [0.15, 0.2) is 6.73 Å². The summed E-state index contributed by atoms with van der Waals surface area (Å²) in [6.07, 6.45) is 0. The van der Waals surface area contributed by atoms with Gasteiger partial charge in [0.1, 0.15) is 5.75 Å². The predicted octanol–water partition coefficient (Wildman–Crippen LogP) is 3.00. The van der Waals surface area contributed by atoms with Crippen LogP contribution < -0.4 is 10.1 Å². The quantitative estimate of drug-likeness (QED) is 0.831. The number of hydrogen-bond donors (Lipinski definition) is 1. The predicted molar refractivity (Wildman–Crippen MR) is 77.6 cm³/mol. The maximum atomic E-state index is 11.8. The van der Waals surface area contributed by atoms with Crippen LogP contribution in [0.1, 0.15) is 30.5 Å². The molecule has 0 aliphatic rings. The van der Waals surface area contributed by atoms with E-state index in [9.17, 15) is 4.79 Å². The van der Waals surface area contributed by atoms with E-state index in [-0.39, 0.29) is 12.8 Å². The van der Waals surface area contributed by atoms with E-state index in [1.807, 2.05) is 33.8 Å². The molecule has 1 aromatic rings. The lowest BCUT2D eigenvalue weighted by molar-refractivity contribution is 0.189. The van der Waals surface area contributed by atoms with Crippen molar-refractivity contribution in [2.45, 2.75) is 34.6 Å². The number of carbonyl (C=O) groups excluding carboxylic acids is 1. The molecule has 19 heavy (non-hydrogen) atoms. The van der Waals surface area contributed by atoms with E-state index >= 15 is 0 Å². The van der Waals surface area contributed by atoms with E-state index < -0.39 is 0 Å². The monoisotopic (exact) mass is 264 g/mol. The van der Waals surface area contributed by atoms with E-state index in [1.165, 1.54) is 5.56 Å². The molecule has 0 heterocycles. The second kappa shape index (κ2) is 7.02. The summed E-state index contributed by atoms with van der Waals surface area (Å²) < 4.78 is 5.70. The summed E-state index contributed by atoms with van der Waals surface area (Å²) in [5, 5.41) is 2.77. The fourth-order valence-corrected chi connectivity index (χ4v) is 1.94. The molecule has 0 radical (unpaired) electrons. The lowest BCUT2D eigenvalue weighted by atomic mass is 10.1. The van der Waals surface area contributed by atoms with Gasteiger partial charge in [-0.1, -0.05) is 12.1 Å². The summed E-state index contributed by atoms with van der Waals surface area (Å²) in [6, 6.07) is 4.02. The summed E-state index contributed by atoms with van der Waals surface area (Å²) in [5.74, 6) is 0.861. The highest BCUT2D eigenvalue weighted by molar-refractivity contribution is 5.73. The van der Waals surface area contributed by atoms with Gasteiger partial charge >= 0.3 is 6.03 Å². The van der Waals surface area contributed by atoms with Gasteiger partial charge in [-0.25, -0.2) is 4.79 Å². The molecule has 0 aliphatic heterocycles. The number of urea groups is 1. The minimum Gasteiger partial charge on any atom is -0.473 e. The number of carbonyl (C=O) groups is 1. The third-order valence-corrected chi connectivity index (χ3v) is 3.36. The molecule has 0 saturated heterocycles. The van der Waals surface area contributed by atoms with Crippen LogP contribution in [0.2, 0.25) is 0 Å². The van der Waals surface area contributed by atoms with Crippen molar-refractivity contribution >= 4 is 6.03 Å². The number of nitrogens with zero attached hydrogens (tertiary/aromatic N) is 1. The highest BCUT2D eigenvalue weighted by Gasteiger charge is 2.10. The molecule has 0 spiro atoms. The van der Waals surface area contributed by atoms with Gasteiger partial charge in [0.2, 0.25) is 0 Å². The minimum atomic E-state index is -0.0899. The van der Waals surface area contributed by atoms with Crippen molar-refractivity contribution in [1.29, 1.82) is 0 Å². The van der Waals surface area contributed by atoms with Gasteiger partial charge in [0.05, 0.1) is 0 Å². The highest BCUT2D eigenvalue weighted by Crippen LogP contribution is 2.25. The van der Waals surface area contributed by atoms with Crippen molar-refractivity contribution in [1.82, 2.24) is 10.2 Å². The van der Waals surface area contributed by atoms with Crippen LogP contribution in [0.4, 0.5) is 4.79 Å². The van der Waals surface area contributed by atoms with Crippen molar-refractivity contribution in [3.63, 3.8) is 0 Å². The van der Waals surface area contributed by atoms with Crippen LogP contribution in [0.3, 0.4) is 0 Å². The number of rotatable bonds is 5. The first-order chi connectivity index (χ1) is 9.01. The Morgan fingerprint density at radius 3 is 2.32 bits per heavy atom. The first kappa shape index (κ1) is 15.3. The van der Waals surface area contributed by atoms with Crippen molar-refractivity contribution in [3.05, 3.63) is 28.8 Å². The number of benzene rings is 1. The second-order valence-corrected chi connectivity index (χ2v) is 4.60. The molecule has 0 saturated carbocycles. The average Bonchev–Trinajstić information content (AvgIpc) is 2.39. The second-order valence-electron chi connectivity index (χ2n) is 4.60. The van der Waals surface area contributed by atoms with Crippen LogP contribution >= 0.6 is 0 Å². The normalized spacial score (nSPS) is 10.2. The third-order valence-electron chi connectivity index (χ3n) is 3.36. The molecule has 0 bridgehead atoms. The maximum Gasteiger partial charge on any atom is 0.319 e. The number of amides is 2. The van der Waals surface area contributed by atoms with Crippen LogP contribution in [0.15, 0.2) is 12.1 Å². The third kappa shape index (κ3) is 3.88. The molecule has 0 aromatic heterocycles. The Labute approximate surface area is 115 Å². The Kier molecular flexibility index (Phi) is 5.67. The SMILES string of the molecule is CCN(CC)C(=O)NCOc1c(C)ccc(C)c1C. The van der Waals surface area contributed by atoms with Crippen molar-refractivity contribution < 1.29 is 9.53 Å². The molecule has 2 amide bonds. The summed E-state index contributed by atoms with van der Waals surface area (Å²) >= 11 is 0. The molecule has 0 unspecified atom stereocenters. The number of hydrogen-bond acceptors (Lipinski definition) is 2. The first-order valence-corrected chi connectivity index (χ1v) is 6.73. The lowest BCUT2D eigenvalue weighted by Gasteiger charge is -2.20. The van der Waals surface area contributed by atoms with Crippen LogP contribution in [-0.2, 0) is 0 Å². The van der Waals surface area contributed by atoms with Gasteiger partial charge < -0.3 is 15.0 Å². The van der Waals surface area contributed by atoms with Gasteiger partial charge in [0.25, 0.3) is 0 Å². The van der Waals surface area contributed by atoms with Crippen LogP contribution in [0.5, 0.6) is 5.75 Å². The molecule has 1 aromatic carbocycles. The van der Waals surface area contributed by atoms with Gasteiger partial charge in [-0.2, -0.15) is 0 Å². The van der Waals surface area contributed by atoms with Gasteiger partial charge in [-0.3, -0.25) is 0 Å². The maximum absolute atomic E-state index is 11.8. The Balaban J connectivity index is 2.59. The summed E-state index contributed by atoms with van der Waals surface area (Å²) in [6.45, 7) is 11.6. The minimum absolute atomic E-state index is 0.0899. The van der Waals surface area contributed by atoms with E-state index in [2.05, 4.69) is 18.3 Å². The largest absolute Gasteiger partial charge is 0.473 e. The Morgan fingerprint density at radius 1 is 1.16 bits per heavy atom. The zero-order valence-corrected chi connectivity index (χ0v) is 12.5. The topological polar surface area (TPSA) is 41.6 Å². The summed E-state index contributed by atoms with van der Waals surface area (Å²) in [4.78, 5) is 13.5. The fourth-order valence-electron chi connectivity index (χ4n) is 1.94. The van der Waals surface area contributed by atoms with Crippen molar-refractivity contribution in [2.75, 3.05) is 19.8 Å². The van der Waals surface area contributed by atoms with Crippen molar-refractivity contribution in [3.8, 4) is 5.75 Å². The molecule has 0 fully saturated rings. The summed E-state index contributed by atoms with van der Waals surface area (Å²) in [5.41, 5.74) is 3.40. The zero-order chi connectivity index (χ0) is 14.4. The number of nitrogens with one attached hydrogen (secondary N) is 1. The number of aryl methyl sites for hydroxylation is 2. The first-order valence-electron chi connectivity index (χ1n) is 6.73. The van der Waals surface area contributed by atoms with Crippen molar-refractivity contribution in [2.24, 2.45) is 0 Å². The molecule has 0 atom stereocenters. The molecule has 1 rings (SSSR count). The molecule has 4 heteroatoms. The Hall–Kier alpha value is -1.71. The van der Waals surface area contributed by atoms with Gasteiger partial charge in [-0.05, 0) is 51.3 Å². The molecule has 1 N–H and O–H groups in total. The van der Waals surface area contributed by atoms with Gasteiger partial charge in [0, 0.05) is 13.1 Å². The lowest BCUT2D eigenvalue weighted by Crippen LogP contribution is -2.41. The average molecular weight is 264 g/mol. The molecular formula is C15H24N2O2.